The number of nitriles is 1. The van der Waals surface area contributed by atoms with Crippen LogP contribution in [0.3, 0.4) is 0 Å². The van der Waals surface area contributed by atoms with Crippen molar-refractivity contribution >= 4 is 5.91 Å². The summed E-state index contributed by atoms with van der Waals surface area (Å²) in [6, 6.07) is 6.39. The quantitative estimate of drug-likeness (QED) is 0.721. The number of hydrogen-bond acceptors (Lipinski definition) is 4. The molecular weight excluding hydrogens is 256 g/mol. The summed E-state index contributed by atoms with van der Waals surface area (Å²) < 4.78 is 0. The second-order valence-corrected chi connectivity index (χ2v) is 5.50. The number of benzene rings is 1. The van der Waals surface area contributed by atoms with Crippen LogP contribution < -0.4 is 5.32 Å². The topological polar surface area (TPSA) is 93.4 Å². The molecule has 0 spiro atoms. The molecule has 0 aliphatic heterocycles. The second-order valence-electron chi connectivity index (χ2n) is 5.50. The minimum absolute atomic E-state index is 0.0155. The molecule has 106 valence electrons. The highest BCUT2D eigenvalue weighted by molar-refractivity contribution is 5.98. The van der Waals surface area contributed by atoms with Gasteiger partial charge in [0, 0.05) is 0 Å². The Labute approximate surface area is 117 Å². The average Bonchev–Trinajstić information content (AvgIpc) is 2.44. The van der Waals surface area contributed by atoms with E-state index < -0.39 is 17.2 Å². The van der Waals surface area contributed by atoms with Gasteiger partial charge in [-0.1, -0.05) is 13.0 Å². The lowest BCUT2D eigenvalue weighted by Crippen LogP contribution is -2.49. The summed E-state index contributed by atoms with van der Waals surface area (Å²) in [6.07, 6.45) is 2.99. The summed E-state index contributed by atoms with van der Waals surface area (Å²) in [5.41, 5.74) is -0.889. The molecule has 1 aliphatic rings. The SMILES string of the molecule is CC1CCC(C#N)(NC(=O)c2cccc(O)c2O)CC1. The van der Waals surface area contributed by atoms with Crippen LogP contribution >= 0.6 is 0 Å². The van der Waals surface area contributed by atoms with Gasteiger partial charge in [-0.2, -0.15) is 5.26 Å². The van der Waals surface area contributed by atoms with Crippen LogP contribution in [-0.4, -0.2) is 21.7 Å². The maximum absolute atomic E-state index is 12.2. The van der Waals surface area contributed by atoms with E-state index in [-0.39, 0.29) is 11.3 Å². The first-order valence-corrected chi connectivity index (χ1v) is 6.72. The van der Waals surface area contributed by atoms with Crippen molar-refractivity contribution in [2.75, 3.05) is 0 Å². The van der Waals surface area contributed by atoms with Crippen LogP contribution in [0.15, 0.2) is 18.2 Å². The minimum atomic E-state index is -0.874. The van der Waals surface area contributed by atoms with E-state index >= 15 is 0 Å². The van der Waals surface area contributed by atoms with E-state index in [1.807, 2.05) is 0 Å². The van der Waals surface area contributed by atoms with Gasteiger partial charge in [-0.3, -0.25) is 4.79 Å². The van der Waals surface area contributed by atoms with Crippen LogP contribution in [0.4, 0.5) is 0 Å². The van der Waals surface area contributed by atoms with Gasteiger partial charge in [-0.25, -0.2) is 0 Å². The minimum Gasteiger partial charge on any atom is -0.504 e. The first kappa shape index (κ1) is 14.2. The smallest absolute Gasteiger partial charge is 0.256 e. The van der Waals surface area contributed by atoms with Crippen LogP contribution in [0.2, 0.25) is 0 Å². The molecule has 1 saturated carbocycles. The molecule has 1 aromatic carbocycles. The van der Waals surface area contributed by atoms with Crippen molar-refractivity contribution in [2.45, 2.75) is 38.1 Å². The molecule has 0 aromatic heterocycles. The maximum atomic E-state index is 12.2. The Hall–Kier alpha value is -2.22. The Bertz CT molecular complexity index is 555. The maximum Gasteiger partial charge on any atom is 0.256 e. The lowest BCUT2D eigenvalue weighted by molar-refractivity contribution is 0.0890. The highest BCUT2D eigenvalue weighted by atomic mass is 16.3. The lowest BCUT2D eigenvalue weighted by atomic mass is 9.78. The molecule has 3 N–H and O–H groups in total. The number of rotatable bonds is 2. The molecule has 1 aromatic rings. The second kappa shape index (κ2) is 5.41. The number of phenolic OH excluding ortho intramolecular Hbond substituents is 2. The fourth-order valence-electron chi connectivity index (χ4n) is 2.52. The molecule has 1 amide bonds. The number of hydrogen-bond donors (Lipinski definition) is 3. The number of carbonyl (C=O) groups is 1. The van der Waals surface area contributed by atoms with Crippen molar-refractivity contribution in [1.82, 2.24) is 5.32 Å². The lowest BCUT2D eigenvalue weighted by Gasteiger charge is -2.34. The molecule has 1 aliphatic carbocycles. The van der Waals surface area contributed by atoms with Crippen LogP contribution in [0.5, 0.6) is 11.5 Å². The number of amides is 1. The molecule has 0 heterocycles. The summed E-state index contributed by atoms with van der Waals surface area (Å²) in [6.45, 7) is 2.13. The van der Waals surface area contributed by atoms with Crippen molar-refractivity contribution in [3.63, 3.8) is 0 Å². The normalized spacial score (nSPS) is 25.7. The Balaban J connectivity index is 2.18. The number of aromatic hydroxyl groups is 2. The number of nitrogens with zero attached hydrogens (tertiary/aromatic N) is 1. The zero-order chi connectivity index (χ0) is 14.8. The van der Waals surface area contributed by atoms with Crippen molar-refractivity contribution in [2.24, 2.45) is 5.92 Å². The Kier molecular flexibility index (Phi) is 3.84. The molecule has 1 fully saturated rings. The zero-order valence-corrected chi connectivity index (χ0v) is 11.4. The molecule has 5 nitrogen and oxygen atoms in total. The third kappa shape index (κ3) is 2.69. The molecule has 0 radical (unpaired) electrons. The van der Waals surface area contributed by atoms with E-state index in [0.29, 0.717) is 18.8 Å². The molecule has 0 atom stereocenters. The third-order valence-corrected chi connectivity index (χ3v) is 3.95. The predicted octanol–water partition coefficient (Wildman–Crippen LogP) is 2.30. The van der Waals surface area contributed by atoms with Gasteiger partial charge >= 0.3 is 0 Å². The van der Waals surface area contributed by atoms with Gasteiger partial charge in [-0.05, 0) is 43.7 Å². The molecule has 2 rings (SSSR count). The van der Waals surface area contributed by atoms with E-state index in [9.17, 15) is 20.3 Å². The molecule has 0 unspecified atom stereocenters. The van der Waals surface area contributed by atoms with Crippen molar-refractivity contribution in [3.8, 4) is 17.6 Å². The number of carbonyl (C=O) groups excluding carboxylic acids is 1. The van der Waals surface area contributed by atoms with Crippen molar-refractivity contribution < 1.29 is 15.0 Å². The van der Waals surface area contributed by atoms with Gasteiger partial charge in [0.05, 0.1) is 11.6 Å². The highest BCUT2D eigenvalue weighted by Crippen LogP contribution is 2.33. The highest BCUT2D eigenvalue weighted by Gasteiger charge is 2.36. The van der Waals surface area contributed by atoms with Gasteiger partial charge in [-0.15, -0.1) is 0 Å². The molecule has 20 heavy (non-hydrogen) atoms. The molecule has 5 heteroatoms. The van der Waals surface area contributed by atoms with E-state index in [4.69, 9.17) is 0 Å². The number of para-hydroxylation sites is 1. The Morgan fingerprint density at radius 3 is 2.65 bits per heavy atom. The van der Waals surface area contributed by atoms with E-state index in [2.05, 4.69) is 18.3 Å². The largest absolute Gasteiger partial charge is 0.504 e. The van der Waals surface area contributed by atoms with E-state index in [0.717, 1.165) is 12.8 Å². The summed E-state index contributed by atoms with van der Waals surface area (Å²) in [4.78, 5) is 12.2. The summed E-state index contributed by atoms with van der Waals surface area (Å²) in [7, 11) is 0. The van der Waals surface area contributed by atoms with Gasteiger partial charge in [0.2, 0.25) is 0 Å². The monoisotopic (exact) mass is 274 g/mol. The van der Waals surface area contributed by atoms with Gasteiger partial charge < -0.3 is 15.5 Å². The zero-order valence-electron chi connectivity index (χ0n) is 11.4. The Morgan fingerprint density at radius 2 is 2.05 bits per heavy atom. The van der Waals surface area contributed by atoms with Crippen LogP contribution in [-0.2, 0) is 0 Å². The average molecular weight is 274 g/mol. The van der Waals surface area contributed by atoms with Gasteiger partial charge in [0.1, 0.15) is 5.54 Å². The Morgan fingerprint density at radius 1 is 1.40 bits per heavy atom. The third-order valence-electron chi connectivity index (χ3n) is 3.95. The predicted molar refractivity (Wildman–Crippen MR) is 73.2 cm³/mol. The van der Waals surface area contributed by atoms with Crippen molar-refractivity contribution in [3.05, 3.63) is 23.8 Å². The van der Waals surface area contributed by atoms with Gasteiger partial charge in [0.15, 0.2) is 11.5 Å². The fraction of sp³-hybridized carbons (Fsp3) is 0.467. The first-order chi connectivity index (χ1) is 9.47. The standard InChI is InChI=1S/C15H18N2O3/c1-10-5-7-15(9-16,8-6-10)17-14(20)11-3-2-4-12(18)13(11)19/h2-4,10,18-19H,5-8H2,1H3,(H,17,20). The molecular formula is C15H18N2O3. The van der Waals surface area contributed by atoms with E-state index in [1.54, 1.807) is 0 Å². The fourth-order valence-corrected chi connectivity index (χ4v) is 2.52. The van der Waals surface area contributed by atoms with Gasteiger partial charge in [0.25, 0.3) is 5.91 Å². The van der Waals surface area contributed by atoms with Crippen molar-refractivity contribution in [1.29, 1.82) is 5.26 Å². The summed E-state index contributed by atoms with van der Waals surface area (Å²) in [5, 5.41) is 31.2. The van der Waals surface area contributed by atoms with Crippen LogP contribution in [0, 0.1) is 17.2 Å². The first-order valence-electron chi connectivity index (χ1n) is 6.72. The molecule has 0 saturated heterocycles. The van der Waals surface area contributed by atoms with Crippen LogP contribution in [0.1, 0.15) is 43.0 Å². The van der Waals surface area contributed by atoms with E-state index in [1.165, 1.54) is 18.2 Å². The summed E-state index contributed by atoms with van der Waals surface area (Å²) in [5.74, 6) is -0.778. The summed E-state index contributed by atoms with van der Waals surface area (Å²) >= 11 is 0. The number of phenols is 2. The number of nitrogens with one attached hydrogen (secondary N) is 1. The molecule has 0 bridgehead atoms. The van der Waals surface area contributed by atoms with Crippen LogP contribution in [0.25, 0.3) is 0 Å².